The van der Waals surface area contributed by atoms with Gasteiger partial charge in [0.1, 0.15) is 6.10 Å². The van der Waals surface area contributed by atoms with Crippen LogP contribution in [0.4, 0.5) is 0 Å². The van der Waals surface area contributed by atoms with Crippen LogP contribution in [0, 0.1) is 29.1 Å². The summed E-state index contributed by atoms with van der Waals surface area (Å²) < 4.78 is 28.7. The molecule has 3 fully saturated rings. The van der Waals surface area contributed by atoms with Crippen LogP contribution >= 0.6 is 0 Å². The first-order chi connectivity index (χ1) is 10.8. The van der Waals surface area contributed by atoms with E-state index < -0.39 is 11.4 Å². The first kappa shape index (κ1) is 17.4. The maximum absolute atomic E-state index is 12.0. The highest BCUT2D eigenvalue weighted by atomic mass is 32.2. The van der Waals surface area contributed by atoms with Crippen molar-refractivity contribution in [3.63, 3.8) is 0 Å². The molecule has 0 unspecified atom stereocenters. The highest BCUT2D eigenvalue weighted by Crippen LogP contribution is 2.57. The topological polar surface area (TPSA) is 61.8 Å². The lowest BCUT2D eigenvalue weighted by Crippen LogP contribution is -2.55. The molecule has 0 amide bonds. The molecule has 3 rings (SSSR count). The second-order valence-corrected chi connectivity index (χ2v) is 8.79. The number of fused-ring (bicyclic) bond motifs is 3. The van der Waals surface area contributed by atoms with Gasteiger partial charge in [0.05, 0.1) is 12.7 Å². The van der Waals surface area contributed by atoms with E-state index in [0.717, 1.165) is 25.7 Å². The fraction of sp³-hybridized carbons (Fsp3) is 0.941. The summed E-state index contributed by atoms with van der Waals surface area (Å²) in [6.07, 6.45) is 4.01. The van der Waals surface area contributed by atoms with Crippen molar-refractivity contribution < 1.29 is 22.1 Å². The Bertz CT molecular complexity index is 495. The zero-order valence-corrected chi connectivity index (χ0v) is 15.3. The Hall–Kier alpha value is -0.460. The lowest BCUT2D eigenvalue weighted by molar-refractivity contribution is -0.168. The Morgan fingerprint density at radius 1 is 1.26 bits per heavy atom. The largest absolute Gasteiger partial charge is 0.462 e. The number of ether oxygens (including phenoxy) is 1. The first-order valence-electron chi connectivity index (χ1n) is 8.71. The van der Waals surface area contributed by atoms with Gasteiger partial charge in [0.15, 0.2) is 0 Å². The summed E-state index contributed by atoms with van der Waals surface area (Å²) >= 11 is -1.67. The molecule has 132 valence electrons. The maximum atomic E-state index is 12.0. The molecule has 0 spiro atoms. The zero-order chi connectivity index (χ0) is 16.8. The number of carbonyl (C=O) groups excluding carboxylic acids is 1. The minimum absolute atomic E-state index is 0.0687. The third-order valence-electron chi connectivity index (χ3n) is 6.45. The highest BCUT2D eigenvalue weighted by molar-refractivity contribution is 7.75. The monoisotopic (exact) mass is 344 g/mol. The van der Waals surface area contributed by atoms with Crippen molar-refractivity contribution in [2.24, 2.45) is 29.1 Å². The molecule has 1 saturated heterocycles. The molecular weight excluding hydrogens is 316 g/mol. The Labute approximate surface area is 141 Å². The summed E-state index contributed by atoms with van der Waals surface area (Å²) in [6, 6.07) is 0. The van der Waals surface area contributed by atoms with Gasteiger partial charge in [0, 0.05) is 6.92 Å². The number of carbonyl (C=O) groups is 1. The number of esters is 1. The lowest BCUT2D eigenvalue weighted by Gasteiger charge is -2.55. The quantitative estimate of drug-likeness (QED) is 0.684. The van der Waals surface area contributed by atoms with Gasteiger partial charge in [-0.3, -0.25) is 13.2 Å². The minimum Gasteiger partial charge on any atom is -0.462 e. The van der Waals surface area contributed by atoms with Gasteiger partial charge < -0.3 is 4.74 Å². The Balaban J connectivity index is 1.90. The van der Waals surface area contributed by atoms with Crippen LogP contribution in [0.3, 0.4) is 0 Å². The van der Waals surface area contributed by atoms with Crippen LogP contribution in [0.5, 0.6) is 0 Å². The van der Waals surface area contributed by atoms with E-state index in [9.17, 15) is 9.00 Å². The van der Waals surface area contributed by atoms with E-state index in [-0.39, 0.29) is 35.4 Å². The smallest absolute Gasteiger partial charge is 0.304 e. The molecular formula is C17H28O5S. The van der Waals surface area contributed by atoms with Crippen molar-refractivity contribution in [3.05, 3.63) is 0 Å². The molecule has 2 aliphatic carbocycles. The van der Waals surface area contributed by atoms with Gasteiger partial charge in [-0.05, 0) is 54.8 Å². The van der Waals surface area contributed by atoms with Crippen molar-refractivity contribution in [2.45, 2.75) is 65.6 Å². The van der Waals surface area contributed by atoms with Crippen LogP contribution in [0.25, 0.3) is 0 Å². The summed E-state index contributed by atoms with van der Waals surface area (Å²) in [5.41, 5.74) is 0.158. The molecule has 23 heavy (non-hydrogen) atoms. The average molecular weight is 344 g/mol. The van der Waals surface area contributed by atoms with Crippen LogP contribution in [-0.2, 0) is 29.3 Å². The number of hydrogen-bond donors (Lipinski definition) is 0. The normalized spacial score (nSPS) is 50.3. The molecule has 1 aliphatic heterocycles. The van der Waals surface area contributed by atoms with Crippen molar-refractivity contribution in [3.8, 4) is 0 Å². The Kier molecular flexibility index (Phi) is 4.87. The standard InChI is InChI=1S/C17H28O5S/c1-10-9-20-23(19)22-16-13(10)5-7-17(4)8-6-14(21-12(3)18)11(2)15(16)17/h10-11,13-16H,5-9H2,1-4H3/t10-,11+,13+,14+,15-,16+,17+,23-/m1/s1. The molecule has 1 heterocycles. The van der Waals surface area contributed by atoms with Gasteiger partial charge >= 0.3 is 17.3 Å². The molecule has 0 aromatic rings. The average Bonchev–Trinajstić information content (AvgIpc) is 2.61. The summed E-state index contributed by atoms with van der Waals surface area (Å²) in [5.74, 6) is 0.912. The van der Waals surface area contributed by atoms with Gasteiger partial charge in [0.2, 0.25) is 0 Å². The summed E-state index contributed by atoms with van der Waals surface area (Å²) in [7, 11) is 0. The molecule has 2 saturated carbocycles. The van der Waals surface area contributed by atoms with Crippen LogP contribution in [0.1, 0.15) is 53.4 Å². The van der Waals surface area contributed by atoms with E-state index in [2.05, 4.69) is 20.8 Å². The zero-order valence-electron chi connectivity index (χ0n) is 14.4. The Morgan fingerprint density at radius 3 is 2.65 bits per heavy atom. The van der Waals surface area contributed by atoms with E-state index in [0.29, 0.717) is 18.4 Å². The van der Waals surface area contributed by atoms with E-state index in [1.807, 2.05) is 0 Å². The van der Waals surface area contributed by atoms with Gasteiger partial charge in [-0.25, -0.2) is 0 Å². The van der Waals surface area contributed by atoms with Gasteiger partial charge in [-0.2, -0.15) is 4.21 Å². The van der Waals surface area contributed by atoms with Crippen LogP contribution < -0.4 is 0 Å². The van der Waals surface area contributed by atoms with Gasteiger partial charge in [-0.1, -0.05) is 20.8 Å². The van der Waals surface area contributed by atoms with Crippen molar-refractivity contribution in [2.75, 3.05) is 6.61 Å². The molecule has 6 heteroatoms. The summed E-state index contributed by atoms with van der Waals surface area (Å²) in [6.45, 7) is 8.58. The summed E-state index contributed by atoms with van der Waals surface area (Å²) in [5, 5.41) is 0. The second kappa shape index (κ2) is 6.45. The molecule has 0 radical (unpaired) electrons. The van der Waals surface area contributed by atoms with E-state index in [4.69, 9.17) is 13.1 Å². The van der Waals surface area contributed by atoms with Gasteiger partial charge in [-0.15, -0.1) is 0 Å². The number of rotatable bonds is 1. The molecule has 0 aromatic carbocycles. The molecule has 8 atom stereocenters. The Morgan fingerprint density at radius 2 is 1.96 bits per heavy atom. The van der Waals surface area contributed by atoms with Gasteiger partial charge in [0.25, 0.3) is 0 Å². The molecule has 3 aliphatic rings. The van der Waals surface area contributed by atoms with E-state index in [1.54, 1.807) is 0 Å². The fourth-order valence-corrected chi connectivity index (χ4v) is 6.03. The predicted octanol–water partition coefficient (Wildman–Crippen LogP) is 3.01. The highest BCUT2D eigenvalue weighted by Gasteiger charge is 2.56. The maximum Gasteiger partial charge on any atom is 0.304 e. The van der Waals surface area contributed by atoms with E-state index >= 15 is 0 Å². The van der Waals surface area contributed by atoms with Crippen molar-refractivity contribution >= 4 is 17.3 Å². The van der Waals surface area contributed by atoms with Crippen LogP contribution in [-0.4, -0.2) is 29.0 Å². The lowest BCUT2D eigenvalue weighted by atomic mass is 9.52. The predicted molar refractivity (Wildman–Crippen MR) is 86.4 cm³/mol. The van der Waals surface area contributed by atoms with Crippen LogP contribution in [0.2, 0.25) is 0 Å². The molecule has 0 bridgehead atoms. The molecule has 5 nitrogen and oxygen atoms in total. The molecule has 0 aromatic heterocycles. The minimum atomic E-state index is -1.67. The van der Waals surface area contributed by atoms with Crippen molar-refractivity contribution in [1.82, 2.24) is 0 Å². The third-order valence-corrected chi connectivity index (χ3v) is 7.16. The molecule has 0 N–H and O–H groups in total. The van der Waals surface area contributed by atoms with Crippen LogP contribution in [0.15, 0.2) is 0 Å². The fourth-order valence-electron chi connectivity index (χ4n) is 5.21. The number of hydrogen-bond acceptors (Lipinski definition) is 5. The van der Waals surface area contributed by atoms with Crippen molar-refractivity contribution in [1.29, 1.82) is 0 Å². The first-order valence-corrected chi connectivity index (χ1v) is 9.71. The second-order valence-electron chi connectivity index (χ2n) is 7.95. The SMILES string of the molecule is CC(=O)O[C@H]1CC[C@]2(C)CC[C@@H]3[C@H](O[S@](=O)OC[C@H]3C)[C@H]2[C@H]1C. The van der Waals surface area contributed by atoms with E-state index in [1.165, 1.54) is 6.92 Å². The third kappa shape index (κ3) is 3.22. The summed E-state index contributed by atoms with van der Waals surface area (Å²) in [4.78, 5) is 11.4.